The Morgan fingerprint density at radius 3 is 2.64 bits per heavy atom. The van der Waals surface area contributed by atoms with Gasteiger partial charge in [0.15, 0.2) is 0 Å². The number of carbonyl (C=O) groups excluding carboxylic acids is 1. The molecule has 144 valence electrons. The van der Waals surface area contributed by atoms with Crippen LogP contribution >= 0.6 is 0 Å². The maximum Gasteiger partial charge on any atom is 0.270 e. The Bertz CT molecular complexity index is 914. The molecule has 2 heterocycles. The van der Waals surface area contributed by atoms with Crippen LogP contribution in [0, 0.1) is 21.4 Å². The first kappa shape index (κ1) is 19.1. The number of hydrogen-bond donors (Lipinski definition) is 2. The van der Waals surface area contributed by atoms with E-state index in [-0.39, 0.29) is 23.2 Å². The highest BCUT2D eigenvalue weighted by Crippen LogP contribution is 2.26. The van der Waals surface area contributed by atoms with Gasteiger partial charge in [0.05, 0.1) is 16.1 Å². The van der Waals surface area contributed by atoms with Crippen molar-refractivity contribution in [3.8, 4) is 6.07 Å². The van der Waals surface area contributed by atoms with E-state index in [1.54, 1.807) is 18.3 Å². The topological polar surface area (TPSA) is 124 Å². The molecule has 0 atom stereocenters. The smallest absolute Gasteiger partial charge is 0.270 e. The molecule has 1 aliphatic heterocycles. The minimum Gasteiger partial charge on any atom is -0.382 e. The number of anilines is 2. The number of nitrogens with zero attached hydrogens (tertiary/aromatic N) is 4. The van der Waals surface area contributed by atoms with Crippen molar-refractivity contribution in [2.75, 3.05) is 30.4 Å². The van der Waals surface area contributed by atoms with Gasteiger partial charge in [-0.1, -0.05) is 0 Å². The van der Waals surface area contributed by atoms with E-state index in [9.17, 15) is 14.9 Å². The average Bonchev–Trinajstić information content (AvgIpc) is 2.74. The number of amides is 1. The van der Waals surface area contributed by atoms with Gasteiger partial charge in [0.1, 0.15) is 11.9 Å². The fourth-order valence-corrected chi connectivity index (χ4v) is 3.21. The first-order valence-electron chi connectivity index (χ1n) is 8.90. The number of pyridine rings is 1. The van der Waals surface area contributed by atoms with Crippen molar-refractivity contribution in [3.63, 3.8) is 0 Å². The van der Waals surface area contributed by atoms with E-state index in [1.165, 1.54) is 19.2 Å². The minimum atomic E-state index is -0.515. The molecule has 1 saturated heterocycles. The van der Waals surface area contributed by atoms with E-state index >= 15 is 0 Å². The van der Waals surface area contributed by atoms with Gasteiger partial charge in [-0.05, 0) is 31.0 Å². The van der Waals surface area contributed by atoms with Gasteiger partial charge in [-0.3, -0.25) is 14.9 Å². The normalized spacial score (nSPS) is 14.2. The van der Waals surface area contributed by atoms with Crippen molar-refractivity contribution in [3.05, 3.63) is 57.8 Å². The maximum absolute atomic E-state index is 12.1. The molecule has 1 aromatic carbocycles. The number of carbonyl (C=O) groups is 1. The van der Waals surface area contributed by atoms with E-state index < -0.39 is 4.92 Å². The van der Waals surface area contributed by atoms with E-state index in [4.69, 9.17) is 5.26 Å². The summed E-state index contributed by atoms with van der Waals surface area (Å²) in [7, 11) is 1.49. The molecular formula is C19H20N6O3. The number of rotatable bonds is 5. The van der Waals surface area contributed by atoms with E-state index in [2.05, 4.69) is 26.6 Å². The van der Waals surface area contributed by atoms with Crippen molar-refractivity contribution in [2.24, 2.45) is 0 Å². The molecular weight excluding hydrogens is 360 g/mol. The number of nitro groups is 1. The van der Waals surface area contributed by atoms with Crippen LogP contribution in [0.15, 0.2) is 36.5 Å². The molecule has 28 heavy (non-hydrogen) atoms. The molecule has 9 nitrogen and oxygen atoms in total. The van der Waals surface area contributed by atoms with Crippen molar-refractivity contribution in [1.29, 1.82) is 5.26 Å². The molecule has 0 bridgehead atoms. The van der Waals surface area contributed by atoms with Gasteiger partial charge in [0.25, 0.3) is 11.6 Å². The molecule has 1 fully saturated rings. The van der Waals surface area contributed by atoms with E-state index in [1.807, 2.05) is 6.07 Å². The summed E-state index contributed by atoms with van der Waals surface area (Å²) in [4.78, 5) is 29.1. The Morgan fingerprint density at radius 1 is 1.32 bits per heavy atom. The molecule has 1 amide bonds. The second-order valence-corrected chi connectivity index (χ2v) is 6.49. The lowest BCUT2D eigenvalue weighted by Crippen LogP contribution is -2.39. The molecule has 1 aromatic heterocycles. The molecule has 0 radical (unpaired) electrons. The van der Waals surface area contributed by atoms with Crippen LogP contribution in [0.3, 0.4) is 0 Å². The van der Waals surface area contributed by atoms with Crippen LogP contribution in [-0.4, -0.2) is 42.0 Å². The second kappa shape index (κ2) is 8.35. The predicted octanol–water partition coefficient (Wildman–Crippen LogP) is 2.30. The quantitative estimate of drug-likeness (QED) is 0.602. The number of non-ortho nitro benzene ring substituents is 1. The Morgan fingerprint density at radius 2 is 2.07 bits per heavy atom. The summed E-state index contributed by atoms with van der Waals surface area (Å²) in [6.07, 6.45) is 3.21. The summed E-state index contributed by atoms with van der Waals surface area (Å²) in [5, 5.41) is 25.7. The molecule has 1 aliphatic rings. The number of hydrogen-bond acceptors (Lipinski definition) is 7. The van der Waals surface area contributed by atoms with Crippen LogP contribution in [-0.2, 0) is 0 Å². The molecule has 0 unspecified atom stereocenters. The third-order valence-corrected chi connectivity index (χ3v) is 4.74. The lowest BCUT2D eigenvalue weighted by molar-refractivity contribution is -0.384. The minimum absolute atomic E-state index is 0.120. The third-order valence-electron chi connectivity index (χ3n) is 4.74. The number of piperidine rings is 1. The van der Waals surface area contributed by atoms with Gasteiger partial charge in [-0.2, -0.15) is 5.26 Å². The Labute approximate surface area is 162 Å². The van der Waals surface area contributed by atoms with Gasteiger partial charge in [0, 0.05) is 50.2 Å². The van der Waals surface area contributed by atoms with E-state index in [0.717, 1.165) is 31.7 Å². The zero-order valence-corrected chi connectivity index (χ0v) is 15.4. The predicted molar refractivity (Wildman–Crippen MR) is 104 cm³/mol. The van der Waals surface area contributed by atoms with Gasteiger partial charge < -0.3 is 15.5 Å². The summed E-state index contributed by atoms with van der Waals surface area (Å²) in [6.45, 7) is 1.55. The van der Waals surface area contributed by atoms with Crippen LogP contribution < -0.4 is 15.5 Å². The Balaban J connectivity index is 1.68. The number of nitrogens with one attached hydrogen (secondary N) is 2. The molecule has 0 saturated carbocycles. The first-order valence-corrected chi connectivity index (χ1v) is 8.90. The largest absolute Gasteiger partial charge is 0.382 e. The molecule has 2 aromatic rings. The van der Waals surface area contributed by atoms with Gasteiger partial charge in [-0.15, -0.1) is 0 Å². The fraction of sp³-hybridized carbons (Fsp3) is 0.316. The zero-order chi connectivity index (χ0) is 20.1. The summed E-state index contributed by atoms with van der Waals surface area (Å²) in [6, 6.07) is 10.0. The number of nitro benzene ring substituents is 1. The number of benzene rings is 1. The van der Waals surface area contributed by atoms with Crippen LogP contribution in [0.5, 0.6) is 0 Å². The third kappa shape index (κ3) is 4.17. The maximum atomic E-state index is 12.1. The average molecular weight is 380 g/mol. The molecule has 9 heteroatoms. The Hall–Kier alpha value is -3.67. The van der Waals surface area contributed by atoms with Crippen LogP contribution in [0.1, 0.15) is 28.8 Å². The van der Waals surface area contributed by atoms with E-state index in [0.29, 0.717) is 11.3 Å². The van der Waals surface area contributed by atoms with Crippen molar-refractivity contribution in [2.45, 2.75) is 18.9 Å². The van der Waals surface area contributed by atoms with Gasteiger partial charge in [-0.25, -0.2) is 4.98 Å². The molecule has 0 spiro atoms. The van der Waals surface area contributed by atoms with Crippen molar-refractivity contribution < 1.29 is 9.72 Å². The Kier molecular flexibility index (Phi) is 5.69. The highest BCUT2D eigenvalue weighted by atomic mass is 16.6. The van der Waals surface area contributed by atoms with Gasteiger partial charge in [0.2, 0.25) is 0 Å². The molecule has 2 N–H and O–H groups in total. The van der Waals surface area contributed by atoms with Crippen LogP contribution in [0.2, 0.25) is 0 Å². The second-order valence-electron chi connectivity index (χ2n) is 6.49. The summed E-state index contributed by atoms with van der Waals surface area (Å²) >= 11 is 0. The zero-order valence-electron chi connectivity index (χ0n) is 15.4. The number of aromatic nitrogens is 1. The lowest BCUT2D eigenvalue weighted by atomic mass is 10.0. The summed E-state index contributed by atoms with van der Waals surface area (Å²) < 4.78 is 0. The molecule has 0 aliphatic carbocycles. The molecule has 3 rings (SSSR count). The fourth-order valence-electron chi connectivity index (χ4n) is 3.21. The van der Waals surface area contributed by atoms with Gasteiger partial charge >= 0.3 is 0 Å². The number of nitriles is 1. The SMILES string of the molecule is CNC(=O)c1cc([N+](=O)[O-])ccc1NC1CCN(c2ccc(C#N)cn2)CC1. The highest BCUT2D eigenvalue weighted by Gasteiger charge is 2.23. The monoisotopic (exact) mass is 380 g/mol. The van der Waals surface area contributed by atoms with Crippen molar-refractivity contribution >= 4 is 23.1 Å². The van der Waals surface area contributed by atoms with Crippen LogP contribution in [0.25, 0.3) is 0 Å². The summed E-state index contributed by atoms with van der Waals surface area (Å²) in [5.41, 5.74) is 1.25. The first-order chi connectivity index (χ1) is 13.5. The summed E-state index contributed by atoms with van der Waals surface area (Å²) in [5.74, 6) is 0.462. The van der Waals surface area contributed by atoms with Crippen molar-refractivity contribution in [1.82, 2.24) is 10.3 Å². The lowest BCUT2D eigenvalue weighted by Gasteiger charge is -2.34. The highest BCUT2D eigenvalue weighted by molar-refractivity contribution is 6.00. The van der Waals surface area contributed by atoms with Crippen LogP contribution in [0.4, 0.5) is 17.2 Å². The standard InChI is InChI=1S/C19H20N6O3/c1-21-19(26)16-10-15(25(27)28)3-4-17(16)23-14-6-8-24(9-7-14)18-5-2-13(11-20)12-22-18/h2-5,10,12,14,23H,6-9H2,1H3,(H,21,26).